The van der Waals surface area contributed by atoms with Gasteiger partial charge in [-0.3, -0.25) is 14.9 Å². The lowest BCUT2D eigenvalue weighted by molar-refractivity contribution is -0.114. The predicted octanol–water partition coefficient (Wildman–Crippen LogP) is 4.37. The molecule has 0 radical (unpaired) electrons. The highest BCUT2D eigenvalue weighted by Crippen LogP contribution is 2.28. The molecule has 0 atom stereocenters. The molecule has 3 aromatic carbocycles. The summed E-state index contributed by atoms with van der Waals surface area (Å²) in [7, 11) is 0. The molecule has 9 heteroatoms. The number of guanidine groups is 1. The number of fused-ring (bicyclic) bond motifs is 1. The van der Waals surface area contributed by atoms with E-state index in [0.717, 1.165) is 5.69 Å². The number of para-hydroxylation sites is 1. The van der Waals surface area contributed by atoms with Gasteiger partial charge in [0, 0.05) is 11.3 Å². The van der Waals surface area contributed by atoms with Crippen LogP contribution in [0.4, 0.5) is 27.1 Å². The monoisotopic (exact) mass is 437 g/mol. The van der Waals surface area contributed by atoms with Crippen molar-refractivity contribution in [3.8, 4) is 0 Å². The van der Waals surface area contributed by atoms with E-state index in [0.29, 0.717) is 22.1 Å². The van der Waals surface area contributed by atoms with E-state index in [9.17, 15) is 14.0 Å². The summed E-state index contributed by atoms with van der Waals surface area (Å²) in [5, 5.41) is 12.0. The maximum absolute atomic E-state index is 13.2. The molecule has 0 fully saturated rings. The number of hydrogen-bond acceptors (Lipinski definition) is 4. The summed E-state index contributed by atoms with van der Waals surface area (Å²) in [5.41, 5.74) is 2.72. The van der Waals surface area contributed by atoms with Crippen molar-refractivity contribution in [2.45, 2.75) is 0 Å². The van der Waals surface area contributed by atoms with Crippen LogP contribution in [0.3, 0.4) is 0 Å². The number of amides is 2. The normalized spacial score (nSPS) is 13.0. The quantitative estimate of drug-likeness (QED) is 0.361. The Kier molecular flexibility index (Phi) is 5.81. The fourth-order valence-corrected chi connectivity index (χ4v) is 3.09. The number of benzene rings is 3. The summed E-state index contributed by atoms with van der Waals surface area (Å²) in [6.45, 7) is 0.165. The van der Waals surface area contributed by atoms with Crippen LogP contribution in [0, 0.1) is 5.82 Å². The Bertz CT molecular complexity index is 1180. The second-order valence-corrected chi connectivity index (χ2v) is 7.07. The molecule has 4 N–H and O–H groups in total. The van der Waals surface area contributed by atoms with Gasteiger partial charge in [-0.25, -0.2) is 9.38 Å². The molecule has 0 aliphatic carbocycles. The lowest BCUT2D eigenvalue weighted by atomic mass is 10.2. The van der Waals surface area contributed by atoms with Crippen LogP contribution in [-0.2, 0) is 4.79 Å². The third-order valence-corrected chi connectivity index (χ3v) is 4.74. The molecule has 1 aliphatic rings. The average molecular weight is 438 g/mol. The van der Waals surface area contributed by atoms with E-state index in [-0.39, 0.29) is 24.0 Å². The van der Waals surface area contributed by atoms with E-state index in [4.69, 9.17) is 11.6 Å². The highest BCUT2D eigenvalue weighted by Gasteiger charge is 2.15. The van der Waals surface area contributed by atoms with E-state index in [2.05, 4.69) is 26.3 Å². The van der Waals surface area contributed by atoms with Crippen LogP contribution < -0.4 is 21.3 Å². The van der Waals surface area contributed by atoms with Crippen molar-refractivity contribution in [2.75, 3.05) is 22.5 Å². The van der Waals surface area contributed by atoms with E-state index < -0.39 is 11.7 Å². The Hall–Kier alpha value is -3.91. The molecule has 156 valence electrons. The van der Waals surface area contributed by atoms with Gasteiger partial charge < -0.3 is 16.0 Å². The number of halogens is 2. The van der Waals surface area contributed by atoms with Crippen molar-refractivity contribution in [3.63, 3.8) is 0 Å². The molecule has 4 rings (SSSR count). The molecular formula is C22H17ClFN5O2. The zero-order valence-electron chi connectivity index (χ0n) is 16.1. The molecule has 2 amide bonds. The zero-order valence-corrected chi connectivity index (χ0v) is 16.8. The van der Waals surface area contributed by atoms with Gasteiger partial charge in [0.2, 0.25) is 11.9 Å². The molecule has 0 saturated heterocycles. The summed E-state index contributed by atoms with van der Waals surface area (Å²) in [4.78, 5) is 28.6. The number of hydrogen-bond donors (Lipinski definition) is 4. The van der Waals surface area contributed by atoms with Gasteiger partial charge in [-0.05, 0) is 54.6 Å². The highest BCUT2D eigenvalue weighted by atomic mass is 35.5. The van der Waals surface area contributed by atoms with Gasteiger partial charge in [0.05, 0.1) is 28.6 Å². The highest BCUT2D eigenvalue weighted by molar-refractivity contribution is 6.33. The number of aliphatic imine (C=N–C) groups is 1. The van der Waals surface area contributed by atoms with Crippen molar-refractivity contribution in [2.24, 2.45) is 4.99 Å². The predicted molar refractivity (Wildman–Crippen MR) is 120 cm³/mol. The van der Waals surface area contributed by atoms with Gasteiger partial charge in [0.15, 0.2) is 0 Å². The smallest absolute Gasteiger partial charge is 0.257 e. The first-order valence-corrected chi connectivity index (χ1v) is 9.71. The van der Waals surface area contributed by atoms with Gasteiger partial charge in [-0.1, -0.05) is 23.7 Å². The Morgan fingerprint density at radius 2 is 1.81 bits per heavy atom. The van der Waals surface area contributed by atoms with Crippen LogP contribution in [0.25, 0.3) is 0 Å². The summed E-state index contributed by atoms with van der Waals surface area (Å²) < 4.78 is 13.2. The molecule has 31 heavy (non-hydrogen) atoms. The van der Waals surface area contributed by atoms with Crippen LogP contribution in [0.5, 0.6) is 0 Å². The lowest BCUT2D eigenvalue weighted by Crippen LogP contribution is -2.36. The number of carbonyl (C=O) groups excluding carboxylic acids is 2. The van der Waals surface area contributed by atoms with Gasteiger partial charge in [-0.15, -0.1) is 0 Å². The molecule has 7 nitrogen and oxygen atoms in total. The molecule has 0 spiro atoms. The molecule has 1 aliphatic heterocycles. The fourth-order valence-electron chi connectivity index (χ4n) is 2.91. The largest absolute Gasteiger partial charge is 0.374 e. The van der Waals surface area contributed by atoms with Crippen molar-refractivity contribution in [1.82, 2.24) is 5.32 Å². The van der Waals surface area contributed by atoms with Gasteiger partial charge in [0.25, 0.3) is 5.91 Å². The maximum atomic E-state index is 13.2. The minimum absolute atomic E-state index is 0.124. The molecular weight excluding hydrogens is 421 g/mol. The minimum Gasteiger partial charge on any atom is -0.374 e. The van der Waals surface area contributed by atoms with Crippen LogP contribution in [0.15, 0.2) is 71.7 Å². The van der Waals surface area contributed by atoms with Gasteiger partial charge in [0.1, 0.15) is 5.82 Å². The van der Waals surface area contributed by atoms with Crippen LogP contribution in [0.1, 0.15) is 10.4 Å². The fraction of sp³-hybridized carbons (Fsp3) is 0.0455. The number of carbonyl (C=O) groups is 2. The van der Waals surface area contributed by atoms with E-state index in [1.807, 2.05) is 0 Å². The van der Waals surface area contributed by atoms with Crippen molar-refractivity contribution in [1.29, 1.82) is 0 Å². The van der Waals surface area contributed by atoms with Crippen LogP contribution in [-0.4, -0.2) is 24.3 Å². The second kappa shape index (κ2) is 8.85. The average Bonchev–Trinajstić information content (AvgIpc) is 2.76. The number of rotatable bonds is 3. The number of nitrogens with one attached hydrogen (secondary N) is 4. The van der Waals surface area contributed by atoms with E-state index >= 15 is 0 Å². The minimum atomic E-state index is -0.471. The second-order valence-electron chi connectivity index (χ2n) is 6.66. The maximum Gasteiger partial charge on any atom is 0.257 e. The van der Waals surface area contributed by atoms with E-state index in [1.54, 1.807) is 42.5 Å². The summed E-state index contributed by atoms with van der Waals surface area (Å²) in [6, 6.07) is 17.4. The van der Waals surface area contributed by atoms with Gasteiger partial charge in [-0.2, -0.15) is 0 Å². The SMILES string of the molecule is O=C1CNc2cc(NC(=Nc3ccccc3Cl)NC(=O)c3ccc(F)cc3)ccc2N1. The topological polar surface area (TPSA) is 94.6 Å². The van der Waals surface area contributed by atoms with E-state index in [1.165, 1.54) is 24.3 Å². The molecule has 1 heterocycles. The zero-order chi connectivity index (χ0) is 21.8. The molecule has 0 bridgehead atoms. The Labute approximate surface area is 182 Å². The Balaban J connectivity index is 1.62. The third-order valence-electron chi connectivity index (χ3n) is 4.42. The number of nitrogens with zero attached hydrogens (tertiary/aromatic N) is 1. The van der Waals surface area contributed by atoms with Crippen molar-refractivity contribution < 1.29 is 14.0 Å². The first-order valence-electron chi connectivity index (χ1n) is 9.33. The van der Waals surface area contributed by atoms with Crippen molar-refractivity contribution in [3.05, 3.63) is 83.1 Å². The Morgan fingerprint density at radius 1 is 1.03 bits per heavy atom. The first kappa shape index (κ1) is 20.4. The number of anilines is 3. The van der Waals surface area contributed by atoms with Crippen LogP contribution >= 0.6 is 11.6 Å². The standard InChI is InChI=1S/C22H17ClFN5O2/c23-16-3-1-2-4-17(16)28-22(29-21(31)13-5-7-14(24)8-6-13)26-15-9-10-18-19(11-15)25-12-20(30)27-18/h1-11,25H,12H2,(H,27,30)(H2,26,28,29,31). The van der Waals surface area contributed by atoms with Crippen molar-refractivity contribution >= 4 is 52.1 Å². The summed E-state index contributed by atoms with van der Waals surface area (Å²) in [6.07, 6.45) is 0. The summed E-state index contributed by atoms with van der Waals surface area (Å²) >= 11 is 6.21. The first-order chi connectivity index (χ1) is 15.0. The Morgan fingerprint density at radius 3 is 2.58 bits per heavy atom. The molecule has 0 unspecified atom stereocenters. The molecule has 0 aromatic heterocycles. The van der Waals surface area contributed by atoms with Crippen LogP contribution in [0.2, 0.25) is 5.02 Å². The molecule has 0 saturated carbocycles. The third kappa shape index (κ3) is 4.99. The lowest BCUT2D eigenvalue weighted by Gasteiger charge is -2.20. The van der Waals surface area contributed by atoms with Gasteiger partial charge >= 0.3 is 0 Å². The molecule has 3 aromatic rings. The summed E-state index contributed by atoms with van der Waals surface area (Å²) in [5.74, 6) is -0.905.